The summed E-state index contributed by atoms with van der Waals surface area (Å²) < 4.78 is 35.5. The summed E-state index contributed by atoms with van der Waals surface area (Å²) in [4.78, 5) is 10.3. The molecule has 9 aromatic carbocycles. The average molecular weight is 1070 g/mol. The third-order valence-electron chi connectivity index (χ3n) is 19.5. The van der Waals surface area contributed by atoms with Crippen molar-refractivity contribution in [3.63, 3.8) is 0 Å². The summed E-state index contributed by atoms with van der Waals surface area (Å²) in [5.74, 6) is 1.88. The molecule has 6 aliphatic carbocycles. The van der Waals surface area contributed by atoms with E-state index in [0.717, 1.165) is 38.7 Å². The van der Waals surface area contributed by atoms with E-state index in [1.54, 1.807) is 12.3 Å². The minimum atomic E-state index is -2.40. The van der Waals surface area contributed by atoms with Crippen molar-refractivity contribution in [3.8, 4) is 28.4 Å². The van der Waals surface area contributed by atoms with Crippen molar-refractivity contribution in [2.75, 3.05) is 16.5 Å². The van der Waals surface area contributed by atoms with Gasteiger partial charge in [-0.3, -0.25) is 4.57 Å². The number of aromatic nitrogens is 2. The largest absolute Gasteiger partial charge is 0.457 e. The van der Waals surface area contributed by atoms with Gasteiger partial charge in [-0.25, -0.2) is 4.98 Å². The van der Waals surface area contributed by atoms with E-state index in [4.69, 9.17) is 13.8 Å². The summed E-state index contributed by atoms with van der Waals surface area (Å²) in [6.45, 7) is 19.6. The standard InChI is InChI=1S/C77H70N4O/c1-49-44-70(78-47-59(49)50-38-40-51(41-39-50)72(2,3)4)81-66-35-20-13-26-55(66)56-43-42-54(46-69(56)81)82-53-25-23-24-52(45-53)79-48-80(68-37-22-21-36-67(68)79)77-60-29-14-11-27-57(60)71(58-28-12-15-30-61(58)77)75(73(5,6)7)62-31-16-18-33-64(62)76(77,74(8,9)10)65-34-19-17-32-63(65)75/h11-47,71H,48H2,1-10H3/i1D3. The number of ether oxygens (including phenoxy) is 1. The van der Waals surface area contributed by atoms with Crippen LogP contribution in [0, 0.1) is 17.7 Å². The van der Waals surface area contributed by atoms with Gasteiger partial charge in [0.1, 0.15) is 22.9 Å². The molecule has 2 aromatic heterocycles. The molecule has 0 atom stereocenters. The molecule has 0 saturated carbocycles. The Bertz CT molecular complexity index is 4430. The molecule has 5 nitrogen and oxygen atoms in total. The van der Waals surface area contributed by atoms with Crippen LogP contribution in [0.2, 0.25) is 0 Å². The predicted octanol–water partition coefficient (Wildman–Crippen LogP) is 19.2. The number of hydrogen-bond donors (Lipinski definition) is 0. The molecule has 0 unspecified atom stereocenters. The van der Waals surface area contributed by atoms with Gasteiger partial charge in [-0.1, -0.05) is 220 Å². The Labute approximate surface area is 487 Å². The molecule has 82 heavy (non-hydrogen) atoms. The monoisotopic (exact) mass is 1070 g/mol. The minimum Gasteiger partial charge on any atom is -0.457 e. The lowest BCUT2D eigenvalue weighted by Crippen LogP contribution is -2.73. The number of anilines is 3. The van der Waals surface area contributed by atoms with Gasteiger partial charge in [0.25, 0.3) is 0 Å². The second kappa shape index (κ2) is 17.4. The fraction of sp³-hybridized carbons (Fsp3) is 0.234. The summed E-state index contributed by atoms with van der Waals surface area (Å²) in [5, 5.41) is 2.04. The molecule has 7 aliphatic rings. The van der Waals surface area contributed by atoms with Crippen LogP contribution in [-0.2, 0) is 21.8 Å². The first-order chi connectivity index (χ1) is 40.7. The second-order valence-electron chi connectivity index (χ2n) is 26.5. The number of nitrogens with zero attached hydrogens (tertiary/aromatic N) is 4. The first-order valence-electron chi connectivity index (χ1n) is 30.7. The van der Waals surface area contributed by atoms with Crippen molar-refractivity contribution in [3.05, 3.63) is 280 Å². The highest BCUT2D eigenvalue weighted by molar-refractivity contribution is 6.09. The Balaban J connectivity index is 0.878. The van der Waals surface area contributed by atoms with Crippen LogP contribution in [0.25, 0.3) is 38.8 Å². The average Bonchev–Trinajstić information content (AvgIpc) is 1.04. The van der Waals surface area contributed by atoms with E-state index in [2.05, 4.69) is 253 Å². The quantitative estimate of drug-likeness (QED) is 0.166. The van der Waals surface area contributed by atoms with Crippen LogP contribution in [0.1, 0.15) is 128 Å². The molecule has 0 fully saturated rings. The van der Waals surface area contributed by atoms with Gasteiger partial charge in [0, 0.05) is 55.8 Å². The van der Waals surface area contributed by atoms with Gasteiger partial charge in [0.05, 0.1) is 34.5 Å². The molecule has 0 radical (unpaired) electrons. The lowest BCUT2D eigenvalue weighted by Gasteiger charge is -2.72. The molecule has 0 spiro atoms. The van der Waals surface area contributed by atoms with Crippen molar-refractivity contribution in [1.82, 2.24) is 9.55 Å². The lowest BCUT2D eigenvalue weighted by atomic mass is 9.33. The SMILES string of the molecule is [2H]C([2H])([2H])c1cc(-n2c3ccccc3c3ccc(Oc4cccc(N5CN(C67c8ccccc8C(c8ccccc86)C6(C(C)(C)C)c8ccccc8C7(C(C)(C)C)c7ccccc76)c6ccccc65)c4)cc32)ncc1-c1ccc(C(C)(C)C)cc1. The highest BCUT2D eigenvalue weighted by Gasteiger charge is 2.75. The number of benzene rings is 9. The highest BCUT2D eigenvalue weighted by Crippen LogP contribution is 2.78. The Kier molecular flexibility index (Phi) is 9.99. The fourth-order valence-corrected chi connectivity index (χ4v) is 16.5. The highest BCUT2D eigenvalue weighted by atomic mass is 16.5. The molecule has 18 rings (SSSR count). The molecule has 4 bridgehead atoms. The van der Waals surface area contributed by atoms with Crippen molar-refractivity contribution < 1.29 is 8.85 Å². The summed E-state index contributed by atoms with van der Waals surface area (Å²) in [6.07, 6.45) is 1.72. The van der Waals surface area contributed by atoms with E-state index in [1.807, 2.05) is 36.4 Å². The molecule has 404 valence electrons. The van der Waals surface area contributed by atoms with Crippen LogP contribution in [0.3, 0.4) is 0 Å². The molecule has 3 heterocycles. The third kappa shape index (κ3) is 6.54. The van der Waals surface area contributed by atoms with E-state index in [-0.39, 0.29) is 27.7 Å². The van der Waals surface area contributed by atoms with E-state index >= 15 is 0 Å². The smallest absolute Gasteiger partial charge is 0.137 e. The van der Waals surface area contributed by atoms with Crippen LogP contribution in [0.4, 0.5) is 17.1 Å². The Morgan fingerprint density at radius 1 is 0.512 bits per heavy atom. The summed E-state index contributed by atoms with van der Waals surface area (Å²) >= 11 is 0. The summed E-state index contributed by atoms with van der Waals surface area (Å²) in [7, 11) is 0. The van der Waals surface area contributed by atoms with Crippen molar-refractivity contribution in [2.45, 2.75) is 96.9 Å². The van der Waals surface area contributed by atoms with Gasteiger partial charge < -0.3 is 14.5 Å². The van der Waals surface area contributed by atoms with E-state index < -0.39 is 23.2 Å². The van der Waals surface area contributed by atoms with Crippen molar-refractivity contribution in [2.24, 2.45) is 10.8 Å². The molecule has 0 N–H and O–H groups in total. The number of fused-ring (bicyclic) bond motifs is 4. The van der Waals surface area contributed by atoms with Crippen LogP contribution in [0.15, 0.2) is 225 Å². The van der Waals surface area contributed by atoms with E-state index in [0.29, 0.717) is 29.5 Å². The summed E-state index contributed by atoms with van der Waals surface area (Å²) in [5.41, 5.74) is 16.6. The van der Waals surface area contributed by atoms with Gasteiger partial charge in [-0.15, -0.1) is 0 Å². The first-order valence-corrected chi connectivity index (χ1v) is 29.2. The Hall–Kier alpha value is -8.67. The molecule has 11 aromatic rings. The molecular formula is C77H70N4O. The number of hydrogen-bond acceptors (Lipinski definition) is 4. The maximum atomic E-state index is 8.79. The van der Waals surface area contributed by atoms with Gasteiger partial charge in [-0.05, 0) is 133 Å². The molecule has 0 amide bonds. The van der Waals surface area contributed by atoms with Gasteiger partial charge in [-0.2, -0.15) is 0 Å². The second-order valence-corrected chi connectivity index (χ2v) is 26.5. The molecule has 1 aliphatic heterocycles. The predicted molar refractivity (Wildman–Crippen MR) is 339 cm³/mol. The van der Waals surface area contributed by atoms with Gasteiger partial charge >= 0.3 is 0 Å². The molecule has 5 heteroatoms. The van der Waals surface area contributed by atoms with Crippen LogP contribution in [-0.4, -0.2) is 16.2 Å². The van der Waals surface area contributed by atoms with Gasteiger partial charge in [0.2, 0.25) is 0 Å². The van der Waals surface area contributed by atoms with E-state index in [1.165, 1.54) is 55.8 Å². The first kappa shape index (κ1) is 47.0. The van der Waals surface area contributed by atoms with E-state index in [9.17, 15) is 0 Å². The number of rotatable bonds is 6. The maximum absolute atomic E-state index is 8.79. The Morgan fingerprint density at radius 2 is 1.09 bits per heavy atom. The van der Waals surface area contributed by atoms with Gasteiger partial charge in [0.15, 0.2) is 0 Å². The zero-order valence-corrected chi connectivity index (χ0v) is 48.3. The van der Waals surface area contributed by atoms with Crippen molar-refractivity contribution >= 4 is 38.9 Å². The normalized spacial score (nSPS) is 21.2. The zero-order valence-electron chi connectivity index (χ0n) is 51.3. The molecule has 0 saturated heterocycles. The number of para-hydroxylation sites is 3. The summed E-state index contributed by atoms with van der Waals surface area (Å²) in [6, 6.07) is 80.1. The fourth-order valence-electron chi connectivity index (χ4n) is 16.5. The maximum Gasteiger partial charge on any atom is 0.137 e. The molecular weight excluding hydrogens is 997 g/mol. The topological polar surface area (TPSA) is 33.5 Å². The number of pyridine rings is 1. The third-order valence-corrected chi connectivity index (χ3v) is 19.5. The lowest BCUT2D eigenvalue weighted by molar-refractivity contribution is 0.0865. The Morgan fingerprint density at radius 3 is 1.72 bits per heavy atom. The zero-order chi connectivity index (χ0) is 58.8. The van der Waals surface area contributed by atoms with Crippen molar-refractivity contribution in [1.29, 1.82) is 0 Å². The van der Waals surface area contributed by atoms with Crippen LogP contribution < -0.4 is 14.5 Å². The van der Waals surface area contributed by atoms with Crippen LogP contribution >= 0.6 is 0 Å². The van der Waals surface area contributed by atoms with Crippen LogP contribution in [0.5, 0.6) is 11.5 Å². The minimum absolute atomic E-state index is 0.0160. The number of aryl methyl sites for hydroxylation is 1.